The molecule has 0 bridgehead atoms. The predicted octanol–water partition coefficient (Wildman–Crippen LogP) is 1.83. The van der Waals surface area contributed by atoms with Crippen molar-refractivity contribution in [3.63, 3.8) is 0 Å². The minimum Gasteiger partial charge on any atom is -0.384 e. The van der Waals surface area contributed by atoms with Crippen molar-refractivity contribution in [2.24, 2.45) is 0 Å². The van der Waals surface area contributed by atoms with E-state index in [1.165, 1.54) is 6.07 Å². The fourth-order valence-corrected chi connectivity index (χ4v) is 2.88. The smallest absolute Gasteiger partial charge is 0.263 e. The Hall–Kier alpha value is -2.29. The van der Waals surface area contributed by atoms with E-state index in [2.05, 4.69) is 16.6 Å². The molecule has 0 amide bonds. The Morgan fingerprint density at radius 3 is 2.35 bits per heavy atom. The van der Waals surface area contributed by atoms with Gasteiger partial charge in [-0.05, 0) is 24.3 Å². The molecule has 0 atom stereocenters. The van der Waals surface area contributed by atoms with Gasteiger partial charge in [0.15, 0.2) is 0 Å². The van der Waals surface area contributed by atoms with Gasteiger partial charge < -0.3 is 5.11 Å². The number of anilines is 1. The normalized spacial score (nSPS) is 10.4. The highest BCUT2D eigenvalue weighted by molar-refractivity contribution is 7.92. The van der Waals surface area contributed by atoms with Crippen LogP contribution in [0.5, 0.6) is 0 Å². The van der Waals surface area contributed by atoms with Crippen molar-refractivity contribution in [3.8, 4) is 11.8 Å². The van der Waals surface area contributed by atoms with Crippen molar-refractivity contribution >= 4 is 15.7 Å². The molecule has 102 valence electrons. The van der Waals surface area contributed by atoms with Crippen molar-refractivity contribution in [2.45, 2.75) is 4.90 Å². The molecule has 5 heteroatoms. The third-order valence-corrected chi connectivity index (χ3v) is 3.94. The van der Waals surface area contributed by atoms with Gasteiger partial charge in [0.05, 0.1) is 0 Å². The summed E-state index contributed by atoms with van der Waals surface area (Å²) in [6, 6.07) is 15.0. The highest BCUT2D eigenvalue weighted by atomic mass is 32.2. The van der Waals surface area contributed by atoms with Gasteiger partial charge >= 0.3 is 0 Å². The molecule has 0 saturated carbocycles. The molecule has 2 N–H and O–H groups in total. The van der Waals surface area contributed by atoms with E-state index in [0.29, 0.717) is 11.3 Å². The average Bonchev–Trinajstić information content (AvgIpc) is 2.46. The monoisotopic (exact) mass is 287 g/mol. The third kappa shape index (κ3) is 3.38. The van der Waals surface area contributed by atoms with Crippen LogP contribution in [0.15, 0.2) is 59.5 Å². The number of sulfonamides is 1. The topological polar surface area (TPSA) is 66.4 Å². The summed E-state index contributed by atoms with van der Waals surface area (Å²) >= 11 is 0. The fraction of sp³-hybridized carbons (Fsp3) is 0.0667. The molecule has 0 aliphatic carbocycles. The summed E-state index contributed by atoms with van der Waals surface area (Å²) in [5, 5.41) is 8.72. The minimum absolute atomic E-state index is 0.0878. The Kier molecular flexibility index (Phi) is 4.41. The largest absolute Gasteiger partial charge is 0.384 e. The van der Waals surface area contributed by atoms with E-state index < -0.39 is 10.0 Å². The van der Waals surface area contributed by atoms with E-state index in [9.17, 15) is 8.42 Å². The van der Waals surface area contributed by atoms with Crippen molar-refractivity contribution in [2.75, 3.05) is 11.3 Å². The van der Waals surface area contributed by atoms with Crippen LogP contribution in [0, 0.1) is 11.8 Å². The van der Waals surface area contributed by atoms with Crippen LogP contribution in [0.2, 0.25) is 0 Å². The third-order valence-electron chi connectivity index (χ3n) is 2.50. The molecule has 0 saturated heterocycles. The molecule has 0 aromatic heterocycles. The highest BCUT2D eigenvalue weighted by Crippen LogP contribution is 2.18. The van der Waals surface area contributed by atoms with Gasteiger partial charge in [-0.25, -0.2) is 8.42 Å². The first-order valence-corrected chi connectivity index (χ1v) is 7.38. The van der Waals surface area contributed by atoms with Crippen LogP contribution in [0.3, 0.4) is 0 Å². The lowest BCUT2D eigenvalue weighted by atomic mass is 10.2. The number of aliphatic hydroxyl groups excluding tert-OH is 1. The van der Waals surface area contributed by atoms with E-state index in [1.807, 2.05) is 0 Å². The van der Waals surface area contributed by atoms with Crippen LogP contribution in [0.4, 0.5) is 5.69 Å². The average molecular weight is 287 g/mol. The zero-order valence-electron chi connectivity index (χ0n) is 10.6. The van der Waals surface area contributed by atoms with E-state index >= 15 is 0 Å². The Bertz CT molecular complexity index is 743. The van der Waals surface area contributed by atoms with E-state index in [1.54, 1.807) is 48.5 Å². The second-order valence-electron chi connectivity index (χ2n) is 3.93. The summed E-state index contributed by atoms with van der Waals surface area (Å²) in [5.74, 6) is 5.09. The molecule has 0 unspecified atom stereocenters. The molecule has 0 spiro atoms. The quantitative estimate of drug-likeness (QED) is 0.846. The second kappa shape index (κ2) is 6.24. The summed E-state index contributed by atoms with van der Waals surface area (Å²) in [6.45, 7) is -0.319. The molecular formula is C15H13NO3S. The van der Waals surface area contributed by atoms with Crippen LogP contribution in [0.1, 0.15) is 5.56 Å². The first-order chi connectivity index (χ1) is 9.63. The van der Waals surface area contributed by atoms with Gasteiger partial charge in [-0.15, -0.1) is 0 Å². The molecule has 2 rings (SSSR count). The zero-order chi connectivity index (χ0) is 14.4. The number of benzene rings is 2. The van der Waals surface area contributed by atoms with Gasteiger partial charge in [-0.3, -0.25) is 4.72 Å². The van der Waals surface area contributed by atoms with Gasteiger partial charge in [0, 0.05) is 11.3 Å². The van der Waals surface area contributed by atoms with Crippen LogP contribution in [0.25, 0.3) is 0 Å². The van der Waals surface area contributed by atoms with Gasteiger partial charge in [-0.2, -0.15) is 0 Å². The molecule has 2 aromatic carbocycles. The molecule has 2 aromatic rings. The van der Waals surface area contributed by atoms with E-state index in [0.717, 1.165) is 0 Å². The Labute approximate surface area is 118 Å². The first-order valence-electron chi connectivity index (χ1n) is 5.90. The van der Waals surface area contributed by atoms with Crippen LogP contribution >= 0.6 is 0 Å². The molecule has 0 radical (unpaired) electrons. The summed E-state index contributed by atoms with van der Waals surface area (Å²) in [5.41, 5.74) is 0.836. The number of hydrogen-bond acceptors (Lipinski definition) is 3. The van der Waals surface area contributed by atoms with Gasteiger partial charge in [0.25, 0.3) is 10.0 Å². The van der Waals surface area contributed by atoms with Crippen molar-refractivity contribution in [1.29, 1.82) is 0 Å². The lowest BCUT2D eigenvalue weighted by Gasteiger charge is -2.09. The van der Waals surface area contributed by atoms with Crippen LogP contribution in [-0.4, -0.2) is 20.1 Å². The summed E-state index contributed by atoms with van der Waals surface area (Å²) in [4.78, 5) is 0.0878. The highest BCUT2D eigenvalue weighted by Gasteiger charge is 2.17. The van der Waals surface area contributed by atoms with E-state index in [4.69, 9.17) is 5.11 Å². The number of rotatable bonds is 3. The molecule has 0 aliphatic heterocycles. The van der Waals surface area contributed by atoms with Gasteiger partial charge in [0.2, 0.25) is 0 Å². The molecule has 0 heterocycles. The maximum Gasteiger partial charge on any atom is 0.263 e. The van der Waals surface area contributed by atoms with Crippen molar-refractivity contribution < 1.29 is 13.5 Å². The predicted molar refractivity (Wildman–Crippen MR) is 77.7 cm³/mol. The maximum atomic E-state index is 12.3. The van der Waals surface area contributed by atoms with Crippen LogP contribution < -0.4 is 4.72 Å². The minimum atomic E-state index is -3.71. The molecule has 4 nitrogen and oxygen atoms in total. The summed E-state index contributed by atoms with van der Waals surface area (Å²) < 4.78 is 27.2. The number of hydrogen-bond donors (Lipinski definition) is 2. The summed E-state index contributed by atoms with van der Waals surface area (Å²) in [7, 11) is -3.71. The van der Waals surface area contributed by atoms with Crippen LogP contribution in [-0.2, 0) is 10.0 Å². The molecule has 0 fully saturated rings. The Morgan fingerprint density at radius 2 is 1.65 bits per heavy atom. The Balaban J connectivity index is 2.40. The van der Waals surface area contributed by atoms with Gasteiger partial charge in [-0.1, -0.05) is 42.2 Å². The zero-order valence-corrected chi connectivity index (χ0v) is 11.4. The Morgan fingerprint density at radius 1 is 1.00 bits per heavy atom. The lowest BCUT2D eigenvalue weighted by Crippen LogP contribution is -2.14. The van der Waals surface area contributed by atoms with Crippen molar-refractivity contribution in [3.05, 3.63) is 60.2 Å². The maximum absolute atomic E-state index is 12.3. The fourth-order valence-electron chi connectivity index (χ4n) is 1.66. The first kappa shape index (κ1) is 14.1. The second-order valence-corrected chi connectivity index (χ2v) is 5.58. The summed E-state index contributed by atoms with van der Waals surface area (Å²) in [6.07, 6.45) is 0. The van der Waals surface area contributed by atoms with E-state index in [-0.39, 0.29) is 11.5 Å². The molecular weight excluding hydrogens is 274 g/mol. The SMILES string of the molecule is O=S(=O)(Nc1ccccc1)c1ccccc1C#CCO. The van der Waals surface area contributed by atoms with Crippen molar-refractivity contribution in [1.82, 2.24) is 0 Å². The number of para-hydroxylation sites is 1. The lowest BCUT2D eigenvalue weighted by molar-refractivity contribution is 0.350. The van der Waals surface area contributed by atoms with Gasteiger partial charge in [0.1, 0.15) is 11.5 Å². The number of aliphatic hydroxyl groups is 1. The standard InChI is InChI=1S/C15H13NO3S/c17-12-6-8-13-7-4-5-11-15(13)20(18,19)16-14-9-2-1-3-10-14/h1-5,7,9-11,16-17H,12H2. The molecule has 20 heavy (non-hydrogen) atoms. The molecule has 0 aliphatic rings. The number of nitrogens with one attached hydrogen (secondary N) is 1.